The molecule has 7 nitrogen and oxygen atoms in total. The maximum absolute atomic E-state index is 11.7. The van der Waals surface area contributed by atoms with E-state index in [1.54, 1.807) is 19.1 Å². The Balaban J connectivity index is 2.01. The molecule has 88 valence electrons. The number of aryl methyl sites for hydroxylation is 1. The molecule has 0 fully saturated rings. The smallest absolute Gasteiger partial charge is 0.272 e. The number of nitrogen functional groups attached to an aromatic ring is 1. The Labute approximate surface area is 97.0 Å². The van der Waals surface area contributed by atoms with Gasteiger partial charge in [-0.25, -0.2) is 4.98 Å². The van der Waals surface area contributed by atoms with Gasteiger partial charge in [0.2, 0.25) is 5.89 Å². The van der Waals surface area contributed by atoms with E-state index in [1.807, 2.05) is 0 Å². The predicted molar refractivity (Wildman–Crippen MR) is 58.9 cm³/mol. The van der Waals surface area contributed by atoms with Crippen LogP contribution in [-0.2, 0) is 6.54 Å². The summed E-state index contributed by atoms with van der Waals surface area (Å²) in [6, 6.07) is 3.27. The van der Waals surface area contributed by atoms with Crippen molar-refractivity contribution in [3.05, 3.63) is 35.7 Å². The quantitative estimate of drug-likeness (QED) is 0.788. The first-order chi connectivity index (χ1) is 8.16. The van der Waals surface area contributed by atoms with Crippen molar-refractivity contribution in [2.75, 3.05) is 5.73 Å². The zero-order chi connectivity index (χ0) is 12.3. The van der Waals surface area contributed by atoms with Crippen LogP contribution in [0.25, 0.3) is 0 Å². The molecule has 3 N–H and O–H groups in total. The lowest BCUT2D eigenvalue weighted by molar-refractivity contribution is 0.0942. The summed E-state index contributed by atoms with van der Waals surface area (Å²) in [5.74, 6) is 0.482. The summed E-state index contributed by atoms with van der Waals surface area (Å²) in [4.78, 5) is 19.5. The molecule has 0 radical (unpaired) electrons. The minimum absolute atomic E-state index is 0.148. The molecule has 17 heavy (non-hydrogen) atoms. The van der Waals surface area contributed by atoms with Crippen molar-refractivity contribution in [1.82, 2.24) is 20.4 Å². The Hall–Kier alpha value is -2.44. The second-order valence-corrected chi connectivity index (χ2v) is 3.36. The fourth-order valence-corrected chi connectivity index (χ4v) is 1.26. The number of hydrogen-bond donors (Lipinski definition) is 2. The molecule has 7 heteroatoms. The van der Waals surface area contributed by atoms with Crippen LogP contribution < -0.4 is 11.1 Å². The highest BCUT2D eigenvalue weighted by Gasteiger charge is 2.11. The minimum Gasteiger partial charge on any atom is -0.397 e. The van der Waals surface area contributed by atoms with Crippen LogP contribution in [0, 0.1) is 6.92 Å². The highest BCUT2D eigenvalue weighted by molar-refractivity contribution is 5.96. The summed E-state index contributed by atoms with van der Waals surface area (Å²) in [5, 5.41) is 6.20. The molecule has 2 aromatic rings. The lowest BCUT2D eigenvalue weighted by Gasteiger charge is -2.03. The van der Waals surface area contributed by atoms with Gasteiger partial charge in [0.15, 0.2) is 11.5 Å². The largest absolute Gasteiger partial charge is 0.397 e. The van der Waals surface area contributed by atoms with Crippen LogP contribution in [0.2, 0.25) is 0 Å². The number of hydrogen-bond acceptors (Lipinski definition) is 6. The standard InChI is InChI=1S/C10H11N5O2/c1-6-14-8(17-15-6)5-13-10(16)9-7(11)3-2-4-12-9/h2-4H,5,11H2,1H3,(H,13,16). The van der Waals surface area contributed by atoms with Gasteiger partial charge in [0.05, 0.1) is 12.2 Å². The fourth-order valence-electron chi connectivity index (χ4n) is 1.26. The zero-order valence-corrected chi connectivity index (χ0v) is 9.17. The molecular weight excluding hydrogens is 222 g/mol. The summed E-state index contributed by atoms with van der Waals surface area (Å²) in [7, 11) is 0. The average molecular weight is 233 g/mol. The maximum atomic E-state index is 11.7. The van der Waals surface area contributed by atoms with Crippen LogP contribution in [0.4, 0.5) is 5.69 Å². The van der Waals surface area contributed by atoms with Crippen LogP contribution in [0.15, 0.2) is 22.9 Å². The molecule has 0 aromatic carbocycles. The Morgan fingerprint density at radius 3 is 3.06 bits per heavy atom. The number of rotatable bonds is 3. The van der Waals surface area contributed by atoms with E-state index in [4.69, 9.17) is 10.3 Å². The predicted octanol–water partition coefficient (Wildman–Crippen LogP) is 0.285. The van der Waals surface area contributed by atoms with Crippen molar-refractivity contribution in [2.45, 2.75) is 13.5 Å². The van der Waals surface area contributed by atoms with E-state index in [0.29, 0.717) is 17.4 Å². The Kier molecular flexibility index (Phi) is 2.99. The lowest BCUT2D eigenvalue weighted by atomic mass is 10.3. The van der Waals surface area contributed by atoms with E-state index in [2.05, 4.69) is 20.4 Å². The normalized spacial score (nSPS) is 10.2. The molecule has 0 atom stereocenters. The second kappa shape index (κ2) is 4.60. The Bertz CT molecular complexity index is 537. The van der Waals surface area contributed by atoms with Crippen LogP contribution >= 0.6 is 0 Å². The van der Waals surface area contributed by atoms with E-state index in [1.165, 1.54) is 6.20 Å². The van der Waals surface area contributed by atoms with Crippen molar-refractivity contribution in [1.29, 1.82) is 0 Å². The van der Waals surface area contributed by atoms with Crippen molar-refractivity contribution >= 4 is 11.6 Å². The maximum Gasteiger partial charge on any atom is 0.272 e. The van der Waals surface area contributed by atoms with Crippen LogP contribution in [-0.4, -0.2) is 21.0 Å². The van der Waals surface area contributed by atoms with Crippen molar-refractivity contribution in [2.24, 2.45) is 0 Å². The first-order valence-corrected chi connectivity index (χ1v) is 4.94. The molecule has 1 amide bonds. The molecule has 0 aliphatic carbocycles. The fraction of sp³-hybridized carbons (Fsp3) is 0.200. The highest BCUT2D eigenvalue weighted by Crippen LogP contribution is 2.06. The molecule has 0 saturated carbocycles. The third-order valence-electron chi connectivity index (χ3n) is 2.02. The van der Waals surface area contributed by atoms with Crippen LogP contribution in [0.3, 0.4) is 0 Å². The molecule has 2 rings (SSSR count). The first kappa shape index (κ1) is 11.1. The number of anilines is 1. The van der Waals surface area contributed by atoms with Gasteiger partial charge in [-0.3, -0.25) is 4.79 Å². The number of nitrogens with zero attached hydrogens (tertiary/aromatic N) is 3. The van der Waals surface area contributed by atoms with Gasteiger partial charge < -0.3 is 15.6 Å². The van der Waals surface area contributed by atoms with Gasteiger partial charge in [0.1, 0.15) is 0 Å². The van der Waals surface area contributed by atoms with Crippen molar-refractivity contribution in [3.8, 4) is 0 Å². The van der Waals surface area contributed by atoms with E-state index < -0.39 is 0 Å². The summed E-state index contributed by atoms with van der Waals surface area (Å²) >= 11 is 0. The number of amides is 1. The first-order valence-electron chi connectivity index (χ1n) is 4.94. The molecule has 0 aliphatic heterocycles. The van der Waals surface area contributed by atoms with Gasteiger partial charge in [-0.15, -0.1) is 0 Å². The molecule has 0 saturated heterocycles. The van der Waals surface area contributed by atoms with Crippen molar-refractivity contribution in [3.63, 3.8) is 0 Å². The number of aromatic nitrogens is 3. The van der Waals surface area contributed by atoms with Gasteiger partial charge in [-0.2, -0.15) is 4.98 Å². The third kappa shape index (κ3) is 2.57. The Morgan fingerprint density at radius 2 is 2.41 bits per heavy atom. The molecule has 2 heterocycles. The van der Waals surface area contributed by atoms with E-state index >= 15 is 0 Å². The minimum atomic E-state index is -0.376. The number of nitrogens with one attached hydrogen (secondary N) is 1. The molecule has 0 unspecified atom stereocenters. The van der Waals surface area contributed by atoms with Crippen LogP contribution in [0.1, 0.15) is 22.2 Å². The van der Waals surface area contributed by atoms with E-state index in [0.717, 1.165) is 0 Å². The molecule has 0 spiro atoms. The SMILES string of the molecule is Cc1noc(CNC(=O)c2ncccc2N)n1. The van der Waals surface area contributed by atoms with Gasteiger partial charge >= 0.3 is 0 Å². The number of carbonyl (C=O) groups excluding carboxylic acids is 1. The summed E-state index contributed by atoms with van der Waals surface area (Å²) in [5.41, 5.74) is 6.13. The Morgan fingerprint density at radius 1 is 1.59 bits per heavy atom. The van der Waals surface area contributed by atoms with Crippen LogP contribution in [0.5, 0.6) is 0 Å². The average Bonchev–Trinajstić information content (AvgIpc) is 2.73. The third-order valence-corrected chi connectivity index (χ3v) is 2.02. The summed E-state index contributed by atoms with van der Waals surface area (Å²) in [6.45, 7) is 1.85. The number of carbonyl (C=O) groups is 1. The van der Waals surface area contributed by atoms with E-state index in [9.17, 15) is 4.79 Å². The monoisotopic (exact) mass is 233 g/mol. The lowest BCUT2D eigenvalue weighted by Crippen LogP contribution is -2.25. The number of pyridine rings is 1. The van der Waals surface area contributed by atoms with Gasteiger partial charge in [0, 0.05) is 6.20 Å². The van der Waals surface area contributed by atoms with Crippen molar-refractivity contribution < 1.29 is 9.32 Å². The van der Waals surface area contributed by atoms with Gasteiger partial charge in [-0.1, -0.05) is 5.16 Å². The summed E-state index contributed by atoms with van der Waals surface area (Å²) < 4.78 is 4.85. The zero-order valence-electron chi connectivity index (χ0n) is 9.17. The highest BCUT2D eigenvalue weighted by atomic mass is 16.5. The van der Waals surface area contributed by atoms with Gasteiger partial charge in [-0.05, 0) is 19.1 Å². The van der Waals surface area contributed by atoms with Gasteiger partial charge in [0.25, 0.3) is 5.91 Å². The number of nitrogens with two attached hydrogens (primary N) is 1. The summed E-state index contributed by atoms with van der Waals surface area (Å²) in [6.07, 6.45) is 1.50. The molecule has 0 bridgehead atoms. The van der Waals surface area contributed by atoms with E-state index in [-0.39, 0.29) is 18.1 Å². The molecule has 0 aliphatic rings. The molecule has 2 aromatic heterocycles. The topological polar surface area (TPSA) is 107 Å². The second-order valence-electron chi connectivity index (χ2n) is 3.36. The molecular formula is C10H11N5O2.